The smallest absolute Gasteiger partial charge is 0.386 e. The third-order valence-corrected chi connectivity index (χ3v) is 5.37. The first kappa shape index (κ1) is 22.4. The topological polar surface area (TPSA) is 66.4 Å². The molecule has 0 aliphatic carbocycles. The van der Waals surface area contributed by atoms with Crippen molar-refractivity contribution in [3.8, 4) is 11.8 Å². The molecule has 0 atom stereocenters. The summed E-state index contributed by atoms with van der Waals surface area (Å²) in [5.74, 6) is 0.0528. The number of alkyl halides is 3. The van der Waals surface area contributed by atoms with E-state index in [4.69, 9.17) is 28.5 Å². The summed E-state index contributed by atoms with van der Waals surface area (Å²) in [4.78, 5) is 6.50. The van der Waals surface area contributed by atoms with Crippen LogP contribution in [-0.4, -0.2) is 46.8 Å². The summed E-state index contributed by atoms with van der Waals surface area (Å²) in [5, 5.41) is 17.6. The predicted molar refractivity (Wildman–Crippen MR) is 107 cm³/mol. The van der Waals surface area contributed by atoms with Gasteiger partial charge in [0.2, 0.25) is 6.61 Å². The molecular weight excluding hydrogens is 442 g/mol. The van der Waals surface area contributed by atoms with E-state index >= 15 is 0 Å². The van der Waals surface area contributed by atoms with Crippen molar-refractivity contribution in [2.24, 2.45) is 11.1 Å². The number of hydrogen-bond donors (Lipinski definition) is 0. The van der Waals surface area contributed by atoms with Crippen molar-refractivity contribution >= 4 is 29.4 Å². The van der Waals surface area contributed by atoms with Crippen molar-refractivity contribution in [3.05, 3.63) is 45.7 Å². The van der Waals surface area contributed by atoms with E-state index in [-0.39, 0.29) is 5.92 Å². The molecule has 0 amide bonds. The van der Waals surface area contributed by atoms with E-state index in [1.807, 2.05) is 0 Å². The van der Waals surface area contributed by atoms with Crippen molar-refractivity contribution in [3.63, 3.8) is 0 Å². The highest BCUT2D eigenvalue weighted by molar-refractivity contribution is 6.42. The molecule has 1 saturated heterocycles. The molecule has 0 bridgehead atoms. The Hall–Kier alpha value is -2.28. The van der Waals surface area contributed by atoms with Gasteiger partial charge in [0, 0.05) is 24.2 Å². The number of benzene rings is 1. The van der Waals surface area contributed by atoms with Crippen LogP contribution in [-0.2, 0) is 11.4 Å². The Morgan fingerprint density at radius 3 is 2.63 bits per heavy atom. The molecule has 2 heterocycles. The van der Waals surface area contributed by atoms with Crippen molar-refractivity contribution in [2.75, 3.05) is 19.7 Å². The van der Waals surface area contributed by atoms with E-state index in [2.05, 4.69) is 26.1 Å². The molecule has 2 aromatic rings. The molecule has 160 valence electrons. The van der Waals surface area contributed by atoms with Gasteiger partial charge >= 0.3 is 6.18 Å². The fourth-order valence-electron chi connectivity index (χ4n) is 3.07. The zero-order valence-corrected chi connectivity index (χ0v) is 17.3. The van der Waals surface area contributed by atoms with Gasteiger partial charge in [-0.25, -0.2) is 4.68 Å². The number of nitriles is 1. The van der Waals surface area contributed by atoms with Gasteiger partial charge in [-0.05, 0) is 44.1 Å². The summed E-state index contributed by atoms with van der Waals surface area (Å²) in [6.07, 6.45) is 0.00789. The molecule has 0 spiro atoms. The van der Waals surface area contributed by atoms with Crippen LogP contribution in [0.5, 0.6) is 0 Å². The molecule has 3 rings (SSSR count). The molecule has 0 radical (unpaired) electrons. The average Bonchev–Trinajstić information content (AvgIpc) is 3.10. The lowest BCUT2D eigenvalue weighted by atomic mass is 9.98. The highest BCUT2D eigenvalue weighted by atomic mass is 35.5. The van der Waals surface area contributed by atoms with Crippen molar-refractivity contribution in [1.82, 2.24) is 14.7 Å². The highest BCUT2D eigenvalue weighted by Gasteiger charge is 2.28. The molecule has 0 unspecified atom stereocenters. The van der Waals surface area contributed by atoms with Crippen LogP contribution in [0, 0.1) is 17.2 Å². The fraction of sp³-hybridized carbons (Fsp3) is 0.421. The number of nitrogens with zero attached hydrogens (tertiary/aromatic N) is 5. The molecule has 1 aliphatic heterocycles. The lowest BCUT2D eigenvalue weighted by molar-refractivity contribution is -0.173. The van der Waals surface area contributed by atoms with E-state index in [1.54, 1.807) is 29.1 Å². The predicted octanol–water partition coefficient (Wildman–Crippen LogP) is 4.83. The van der Waals surface area contributed by atoms with E-state index in [0.717, 1.165) is 37.7 Å². The minimum Gasteiger partial charge on any atom is -0.386 e. The summed E-state index contributed by atoms with van der Waals surface area (Å²) < 4.78 is 38.3. The average molecular weight is 460 g/mol. The Morgan fingerprint density at radius 2 is 2.00 bits per heavy atom. The van der Waals surface area contributed by atoms with Crippen LogP contribution in [0.3, 0.4) is 0 Å². The van der Waals surface area contributed by atoms with Crippen LogP contribution in [0.4, 0.5) is 13.2 Å². The van der Waals surface area contributed by atoms with Gasteiger partial charge in [-0.3, -0.25) is 4.90 Å². The summed E-state index contributed by atoms with van der Waals surface area (Å²) >= 11 is 12.0. The molecule has 11 heteroatoms. The Kier molecular flexibility index (Phi) is 7.23. The highest BCUT2D eigenvalue weighted by Crippen LogP contribution is 2.25. The van der Waals surface area contributed by atoms with Gasteiger partial charge in [-0.15, -0.1) is 0 Å². The van der Waals surface area contributed by atoms with Crippen LogP contribution in [0.2, 0.25) is 10.0 Å². The Balaban J connectivity index is 1.81. The number of hydrogen-bond acceptors (Lipinski definition) is 5. The number of rotatable bonds is 6. The molecular formula is C19H18Cl2F3N5O. The van der Waals surface area contributed by atoms with Crippen molar-refractivity contribution in [1.29, 1.82) is 5.26 Å². The quantitative estimate of drug-likeness (QED) is 0.458. The maximum absolute atomic E-state index is 12.3. The SMILES string of the molecule is N#CC1CCN(Cc2cn(-c3ccc(Cl)c(Cl)c3)nc2C=NOCC(F)(F)F)CC1. The van der Waals surface area contributed by atoms with Gasteiger partial charge in [0.05, 0.1) is 28.0 Å². The Morgan fingerprint density at radius 1 is 1.27 bits per heavy atom. The van der Waals surface area contributed by atoms with Gasteiger partial charge in [-0.2, -0.15) is 23.5 Å². The van der Waals surface area contributed by atoms with E-state index < -0.39 is 12.8 Å². The first-order valence-corrected chi connectivity index (χ1v) is 9.89. The fourth-order valence-corrected chi connectivity index (χ4v) is 3.36. The van der Waals surface area contributed by atoms with Gasteiger partial charge in [0.25, 0.3) is 0 Å². The zero-order chi connectivity index (χ0) is 21.7. The molecule has 1 fully saturated rings. The summed E-state index contributed by atoms with van der Waals surface area (Å²) in [6, 6.07) is 7.28. The van der Waals surface area contributed by atoms with E-state index in [1.165, 1.54) is 0 Å². The molecule has 0 saturated carbocycles. The third-order valence-electron chi connectivity index (χ3n) is 4.63. The van der Waals surface area contributed by atoms with Crippen LogP contribution < -0.4 is 0 Å². The van der Waals surface area contributed by atoms with Crippen LogP contribution in [0.15, 0.2) is 29.6 Å². The second-order valence-electron chi connectivity index (χ2n) is 6.89. The second kappa shape index (κ2) is 9.69. The maximum atomic E-state index is 12.3. The minimum absolute atomic E-state index is 0.0528. The summed E-state index contributed by atoms with van der Waals surface area (Å²) in [5.41, 5.74) is 1.78. The number of oxime groups is 1. The largest absolute Gasteiger partial charge is 0.425 e. The van der Waals surface area contributed by atoms with Gasteiger partial charge < -0.3 is 4.84 Å². The number of likely N-dealkylation sites (tertiary alicyclic amines) is 1. The van der Waals surface area contributed by atoms with Crippen molar-refractivity contribution in [2.45, 2.75) is 25.6 Å². The summed E-state index contributed by atoms with van der Waals surface area (Å²) in [6.45, 7) is 0.531. The lowest BCUT2D eigenvalue weighted by Gasteiger charge is -2.28. The Bertz CT molecular complexity index is 947. The standard InChI is InChI=1S/C19H18Cl2F3N5O/c20-16-2-1-15(7-17(16)21)29-11-14(10-28-5-3-13(8-25)4-6-28)18(27-29)9-26-30-12-19(22,23)24/h1-2,7,9,11,13H,3-6,10,12H2. The first-order chi connectivity index (χ1) is 14.2. The monoisotopic (exact) mass is 459 g/mol. The minimum atomic E-state index is -4.47. The molecule has 30 heavy (non-hydrogen) atoms. The molecule has 1 aliphatic rings. The normalized spacial score (nSPS) is 16.1. The Labute approximate surface area is 181 Å². The van der Waals surface area contributed by atoms with Crippen molar-refractivity contribution < 1.29 is 18.0 Å². The third kappa shape index (κ3) is 6.11. The number of aromatic nitrogens is 2. The molecule has 0 N–H and O–H groups in total. The lowest BCUT2D eigenvalue weighted by Crippen LogP contribution is -2.32. The van der Waals surface area contributed by atoms with E-state index in [0.29, 0.717) is 28.0 Å². The van der Waals surface area contributed by atoms with Crippen LogP contribution in [0.25, 0.3) is 5.69 Å². The molecule has 1 aromatic heterocycles. The number of halogens is 5. The van der Waals surface area contributed by atoms with Gasteiger partial charge in [0.15, 0.2) is 0 Å². The van der Waals surface area contributed by atoms with E-state index in [9.17, 15) is 13.2 Å². The van der Waals surface area contributed by atoms with Gasteiger partial charge in [0.1, 0.15) is 5.69 Å². The molecule has 6 nitrogen and oxygen atoms in total. The number of piperidine rings is 1. The second-order valence-corrected chi connectivity index (χ2v) is 7.70. The first-order valence-electron chi connectivity index (χ1n) is 9.13. The molecule has 1 aromatic carbocycles. The van der Waals surface area contributed by atoms with Gasteiger partial charge in [-0.1, -0.05) is 28.4 Å². The zero-order valence-electron chi connectivity index (χ0n) is 15.7. The maximum Gasteiger partial charge on any atom is 0.425 e. The summed E-state index contributed by atoms with van der Waals surface area (Å²) in [7, 11) is 0. The van der Waals surface area contributed by atoms with Crippen LogP contribution >= 0.6 is 23.2 Å². The van der Waals surface area contributed by atoms with Crippen LogP contribution in [0.1, 0.15) is 24.1 Å².